The molecule has 1 saturated carbocycles. The van der Waals surface area contributed by atoms with E-state index in [9.17, 15) is 5.11 Å². The van der Waals surface area contributed by atoms with Gasteiger partial charge in [0, 0.05) is 4.88 Å². The molecule has 1 aliphatic carbocycles. The van der Waals surface area contributed by atoms with Crippen molar-refractivity contribution in [3.8, 4) is 0 Å². The number of thiophene rings is 1. The van der Waals surface area contributed by atoms with Gasteiger partial charge in [0.2, 0.25) is 0 Å². The van der Waals surface area contributed by atoms with Gasteiger partial charge in [-0.2, -0.15) is 0 Å². The summed E-state index contributed by atoms with van der Waals surface area (Å²) in [6.45, 7) is 4.41. The molecule has 90 valence electrons. The highest BCUT2D eigenvalue weighted by molar-refractivity contribution is 7.16. The van der Waals surface area contributed by atoms with Crippen LogP contribution in [0, 0.1) is 11.8 Å². The second kappa shape index (κ2) is 4.67. The van der Waals surface area contributed by atoms with Crippen LogP contribution in [-0.4, -0.2) is 5.11 Å². The van der Waals surface area contributed by atoms with Gasteiger partial charge in [-0.3, -0.25) is 0 Å². The van der Waals surface area contributed by atoms with Crippen LogP contribution in [0.3, 0.4) is 0 Å². The summed E-state index contributed by atoms with van der Waals surface area (Å²) in [4.78, 5) is 1.05. The molecular formula is C13H19ClOS. The zero-order valence-corrected chi connectivity index (χ0v) is 11.4. The Morgan fingerprint density at radius 2 is 2.19 bits per heavy atom. The van der Waals surface area contributed by atoms with Gasteiger partial charge in [0.15, 0.2) is 0 Å². The molecule has 1 N–H and O–H groups in total. The van der Waals surface area contributed by atoms with E-state index in [1.807, 2.05) is 12.1 Å². The third-order valence-corrected chi connectivity index (χ3v) is 5.14. The van der Waals surface area contributed by atoms with Crippen molar-refractivity contribution in [2.24, 2.45) is 11.8 Å². The minimum atomic E-state index is -0.635. The van der Waals surface area contributed by atoms with Gasteiger partial charge < -0.3 is 5.11 Å². The van der Waals surface area contributed by atoms with Crippen molar-refractivity contribution in [2.45, 2.75) is 45.1 Å². The van der Waals surface area contributed by atoms with Crippen LogP contribution in [-0.2, 0) is 5.60 Å². The van der Waals surface area contributed by atoms with Gasteiger partial charge in [-0.15, -0.1) is 11.3 Å². The first kappa shape index (κ1) is 12.4. The molecule has 0 aliphatic heterocycles. The Labute approximate surface area is 106 Å². The molecule has 0 amide bonds. The SMILES string of the molecule is CC(C)C1CCCCC1(O)c1ccc(Cl)s1. The summed E-state index contributed by atoms with van der Waals surface area (Å²) >= 11 is 7.51. The van der Waals surface area contributed by atoms with E-state index in [1.54, 1.807) is 0 Å². The van der Waals surface area contributed by atoms with E-state index in [0.29, 0.717) is 11.8 Å². The zero-order chi connectivity index (χ0) is 11.8. The molecule has 1 fully saturated rings. The number of hydrogen-bond donors (Lipinski definition) is 1. The van der Waals surface area contributed by atoms with Crippen molar-refractivity contribution >= 4 is 22.9 Å². The fourth-order valence-electron chi connectivity index (χ4n) is 2.92. The molecule has 1 heterocycles. The van der Waals surface area contributed by atoms with Gasteiger partial charge in [0.1, 0.15) is 5.60 Å². The van der Waals surface area contributed by atoms with Crippen LogP contribution in [0.15, 0.2) is 12.1 Å². The minimum absolute atomic E-state index is 0.371. The topological polar surface area (TPSA) is 20.2 Å². The van der Waals surface area contributed by atoms with Crippen LogP contribution in [0.1, 0.15) is 44.4 Å². The minimum Gasteiger partial charge on any atom is -0.384 e. The fourth-order valence-corrected chi connectivity index (χ4v) is 4.15. The monoisotopic (exact) mass is 258 g/mol. The molecule has 1 nitrogen and oxygen atoms in total. The van der Waals surface area contributed by atoms with E-state index in [2.05, 4.69) is 13.8 Å². The van der Waals surface area contributed by atoms with Gasteiger partial charge in [-0.1, -0.05) is 38.3 Å². The first-order chi connectivity index (χ1) is 7.54. The second-order valence-electron chi connectivity index (χ2n) is 5.12. The molecule has 0 bridgehead atoms. The van der Waals surface area contributed by atoms with Crippen LogP contribution in [0.4, 0.5) is 0 Å². The summed E-state index contributed by atoms with van der Waals surface area (Å²) in [7, 11) is 0. The first-order valence-electron chi connectivity index (χ1n) is 6.02. The smallest absolute Gasteiger partial charge is 0.102 e. The lowest BCUT2D eigenvalue weighted by atomic mass is 9.69. The molecule has 2 atom stereocenters. The molecule has 3 heteroatoms. The van der Waals surface area contributed by atoms with Gasteiger partial charge in [0.05, 0.1) is 4.34 Å². The summed E-state index contributed by atoms with van der Waals surface area (Å²) in [5, 5.41) is 10.9. The molecule has 1 aromatic rings. The molecule has 1 aliphatic rings. The maximum atomic E-state index is 10.9. The lowest BCUT2D eigenvalue weighted by molar-refractivity contribution is -0.0692. The molecular weight excluding hydrogens is 240 g/mol. The highest BCUT2D eigenvalue weighted by Gasteiger charge is 2.42. The highest BCUT2D eigenvalue weighted by Crippen LogP contribution is 2.47. The van der Waals surface area contributed by atoms with Gasteiger partial charge in [-0.25, -0.2) is 0 Å². The predicted molar refractivity (Wildman–Crippen MR) is 70.0 cm³/mol. The van der Waals surface area contributed by atoms with Crippen LogP contribution in [0.2, 0.25) is 4.34 Å². The summed E-state index contributed by atoms with van der Waals surface area (Å²) in [5.74, 6) is 0.891. The van der Waals surface area contributed by atoms with Crippen LogP contribution >= 0.6 is 22.9 Å². The molecule has 2 unspecified atom stereocenters. The van der Waals surface area contributed by atoms with Gasteiger partial charge in [0.25, 0.3) is 0 Å². The number of rotatable bonds is 2. The quantitative estimate of drug-likeness (QED) is 0.832. The molecule has 0 aromatic carbocycles. The van der Waals surface area contributed by atoms with Crippen molar-refractivity contribution < 1.29 is 5.11 Å². The van der Waals surface area contributed by atoms with Crippen LogP contribution < -0.4 is 0 Å². The molecule has 0 radical (unpaired) electrons. The third-order valence-electron chi connectivity index (χ3n) is 3.74. The van der Waals surface area contributed by atoms with E-state index >= 15 is 0 Å². The van der Waals surface area contributed by atoms with Crippen LogP contribution in [0.25, 0.3) is 0 Å². The summed E-state index contributed by atoms with van der Waals surface area (Å²) in [6.07, 6.45) is 4.37. The Kier molecular flexibility index (Phi) is 3.62. The summed E-state index contributed by atoms with van der Waals surface area (Å²) < 4.78 is 0.775. The Morgan fingerprint density at radius 1 is 1.44 bits per heavy atom. The predicted octanol–water partition coefficient (Wildman–Crippen LogP) is 4.44. The van der Waals surface area contributed by atoms with E-state index in [1.165, 1.54) is 17.8 Å². The van der Waals surface area contributed by atoms with Crippen molar-refractivity contribution in [2.75, 3.05) is 0 Å². The van der Waals surface area contributed by atoms with Crippen LogP contribution in [0.5, 0.6) is 0 Å². The average molecular weight is 259 g/mol. The average Bonchev–Trinajstić information content (AvgIpc) is 2.65. The van der Waals surface area contributed by atoms with Gasteiger partial charge >= 0.3 is 0 Å². The summed E-state index contributed by atoms with van der Waals surface area (Å²) in [5.41, 5.74) is -0.635. The number of aliphatic hydroxyl groups is 1. The maximum absolute atomic E-state index is 10.9. The lowest BCUT2D eigenvalue weighted by Crippen LogP contribution is -2.40. The highest BCUT2D eigenvalue weighted by atomic mass is 35.5. The normalized spacial score (nSPS) is 30.9. The Balaban J connectivity index is 2.32. The van der Waals surface area contributed by atoms with Crippen molar-refractivity contribution in [1.82, 2.24) is 0 Å². The Morgan fingerprint density at radius 3 is 2.75 bits per heavy atom. The van der Waals surface area contributed by atoms with E-state index < -0.39 is 5.60 Å². The van der Waals surface area contributed by atoms with Crippen molar-refractivity contribution in [1.29, 1.82) is 0 Å². The van der Waals surface area contributed by atoms with E-state index in [0.717, 1.165) is 28.5 Å². The molecule has 0 saturated heterocycles. The molecule has 2 rings (SSSR count). The standard InChI is InChI=1S/C13H19ClOS/c1-9(2)10-5-3-4-8-13(10,15)11-6-7-12(14)16-11/h6-7,9-10,15H,3-5,8H2,1-2H3. The molecule has 1 aromatic heterocycles. The fraction of sp³-hybridized carbons (Fsp3) is 0.692. The van der Waals surface area contributed by atoms with Crippen molar-refractivity contribution in [3.63, 3.8) is 0 Å². The zero-order valence-electron chi connectivity index (χ0n) is 9.87. The van der Waals surface area contributed by atoms with E-state index in [-0.39, 0.29) is 0 Å². The van der Waals surface area contributed by atoms with E-state index in [4.69, 9.17) is 11.6 Å². The number of hydrogen-bond acceptors (Lipinski definition) is 2. The van der Waals surface area contributed by atoms with Crippen molar-refractivity contribution in [3.05, 3.63) is 21.3 Å². The first-order valence-corrected chi connectivity index (χ1v) is 7.21. The largest absolute Gasteiger partial charge is 0.384 e. The Bertz CT molecular complexity index is 361. The lowest BCUT2D eigenvalue weighted by Gasteiger charge is -2.41. The Hall–Kier alpha value is -0.0500. The third kappa shape index (κ3) is 2.15. The molecule has 16 heavy (non-hydrogen) atoms. The molecule has 0 spiro atoms. The maximum Gasteiger partial charge on any atom is 0.102 e. The second-order valence-corrected chi connectivity index (χ2v) is 6.84. The summed E-state index contributed by atoms with van der Waals surface area (Å²) in [6, 6.07) is 3.89. The van der Waals surface area contributed by atoms with Gasteiger partial charge in [-0.05, 0) is 36.8 Å². The number of halogens is 1.